The highest BCUT2D eigenvalue weighted by Crippen LogP contribution is 2.27. The molecule has 0 N–H and O–H groups in total. The van der Waals surface area contributed by atoms with Crippen LogP contribution in [0, 0.1) is 0 Å². The molecule has 2 rings (SSSR count). The lowest BCUT2D eigenvalue weighted by molar-refractivity contribution is 0.261. The topological polar surface area (TPSA) is 55.7 Å². The Morgan fingerprint density at radius 2 is 2.00 bits per heavy atom. The van der Waals surface area contributed by atoms with Crippen LogP contribution in [0.2, 0.25) is 0 Å². The molecule has 1 fully saturated rings. The van der Waals surface area contributed by atoms with E-state index in [2.05, 4.69) is 36.3 Å². The van der Waals surface area contributed by atoms with E-state index >= 15 is 0 Å². The quantitative estimate of drug-likeness (QED) is 0.768. The monoisotopic (exact) mass is 395 g/mol. The molecular formula is C11H11Br2NO3S. The smallest absolute Gasteiger partial charge is 0.286 e. The summed E-state index contributed by atoms with van der Waals surface area (Å²) in [6.07, 6.45) is 2.43. The van der Waals surface area contributed by atoms with E-state index in [9.17, 15) is 8.42 Å². The zero-order chi connectivity index (χ0) is 13.2. The van der Waals surface area contributed by atoms with Gasteiger partial charge in [-0.05, 0) is 47.0 Å². The standard InChI is InChI=1S/C11H11Br2NO3S/c12-8-4-5-9(13)10(7-8)18(15,16)14-11-3-1-2-6-17-11/h4-5,7H,1-3,6H2/b14-11-. The number of hydrogen-bond acceptors (Lipinski definition) is 3. The Morgan fingerprint density at radius 1 is 1.22 bits per heavy atom. The van der Waals surface area contributed by atoms with Crippen LogP contribution in [0.25, 0.3) is 0 Å². The number of hydrogen-bond donors (Lipinski definition) is 0. The van der Waals surface area contributed by atoms with Crippen molar-refractivity contribution in [3.8, 4) is 0 Å². The second kappa shape index (κ2) is 5.71. The number of benzene rings is 1. The van der Waals surface area contributed by atoms with E-state index in [0.717, 1.165) is 12.8 Å². The van der Waals surface area contributed by atoms with Crippen LogP contribution in [0.4, 0.5) is 0 Å². The van der Waals surface area contributed by atoms with Gasteiger partial charge in [-0.15, -0.1) is 4.40 Å². The maximum absolute atomic E-state index is 12.2. The van der Waals surface area contributed by atoms with E-state index < -0.39 is 10.0 Å². The minimum absolute atomic E-state index is 0.138. The van der Waals surface area contributed by atoms with Gasteiger partial charge in [0.25, 0.3) is 10.0 Å². The van der Waals surface area contributed by atoms with E-state index in [1.54, 1.807) is 12.1 Å². The summed E-state index contributed by atoms with van der Waals surface area (Å²) in [5.74, 6) is 0.299. The van der Waals surface area contributed by atoms with Gasteiger partial charge in [-0.2, -0.15) is 8.42 Å². The lowest BCUT2D eigenvalue weighted by Crippen LogP contribution is -2.15. The molecule has 0 aromatic heterocycles. The Bertz CT molecular complexity index is 576. The van der Waals surface area contributed by atoms with E-state index in [1.807, 2.05) is 0 Å². The fourth-order valence-corrected chi connectivity index (χ4v) is 4.04. The molecule has 7 heteroatoms. The predicted molar refractivity (Wildman–Crippen MR) is 76.3 cm³/mol. The van der Waals surface area contributed by atoms with Gasteiger partial charge in [-0.1, -0.05) is 15.9 Å². The SMILES string of the molecule is O=S(=O)(/N=C1/CCCCO1)c1cc(Br)ccc1Br. The molecule has 0 spiro atoms. The van der Waals surface area contributed by atoms with Crippen molar-refractivity contribution in [2.45, 2.75) is 24.2 Å². The van der Waals surface area contributed by atoms with Gasteiger partial charge < -0.3 is 4.74 Å². The van der Waals surface area contributed by atoms with Crippen LogP contribution in [0.15, 0.2) is 36.4 Å². The number of rotatable bonds is 2. The summed E-state index contributed by atoms with van der Waals surface area (Å²) in [6.45, 7) is 0.536. The molecule has 0 atom stereocenters. The Labute approximate surface area is 123 Å². The summed E-state index contributed by atoms with van der Waals surface area (Å²) < 4.78 is 34.5. The minimum atomic E-state index is -3.73. The van der Waals surface area contributed by atoms with Crippen LogP contribution in [-0.2, 0) is 14.8 Å². The van der Waals surface area contributed by atoms with Gasteiger partial charge in [0.1, 0.15) is 4.90 Å². The molecule has 1 aliphatic heterocycles. The summed E-state index contributed by atoms with van der Waals surface area (Å²) in [5, 5.41) is 0. The molecule has 0 bridgehead atoms. The maximum atomic E-state index is 12.2. The first-order chi connectivity index (χ1) is 8.49. The Hall–Kier alpha value is -0.400. The van der Waals surface area contributed by atoms with Crippen molar-refractivity contribution in [3.05, 3.63) is 27.1 Å². The molecule has 0 radical (unpaired) electrons. The maximum Gasteiger partial charge on any atom is 0.286 e. The third kappa shape index (κ3) is 3.33. The van der Waals surface area contributed by atoms with E-state index in [4.69, 9.17) is 4.74 Å². The van der Waals surface area contributed by atoms with Crippen molar-refractivity contribution in [2.24, 2.45) is 4.40 Å². The molecular weight excluding hydrogens is 386 g/mol. The Morgan fingerprint density at radius 3 is 2.67 bits per heavy atom. The average molecular weight is 397 g/mol. The summed E-state index contributed by atoms with van der Waals surface area (Å²) in [7, 11) is -3.73. The molecule has 1 saturated heterocycles. The molecule has 18 heavy (non-hydrogen) atoms. The zero-order valence-electron chi connectivity index (χ0n) is 9.40. The zero-order valence-corrected chi connectivity index (χ0v) is 13.4. The number of nitrogens with zero attached hydrogens (tertiary/aromatic N) is 1. The van der Waals surface area contributed by atoms with E-state index in [1.165, 1.54) is 6.07 Å². The number of sulfonamides is 1. The second-order valence-electron chi connectivity index (χ2n) is 3.84. The van der Waals surface area contributed by atoms with Crippen molar-refractivity contribution in [1.82, 2.24) is 0 Å². The molecule has 98 valence electrons. The first-order valence-electron chi connectivity index (χ1n) is 5.41. The Kier molecular flexibility index (Phi) is 4.45. The molecule has 1 aromatic carbocycles. The van der Waals surface area contributed by atoms with E-state index in [0.29, 0.717) is 27.9 Å². The molecule has 0 aliphatic carbocycles. The number of halogens is 2. The summed E-state index contributed by atoms with van der Waals surface area (Å²) in [4.78, 5) is 0.138. The second-order valence-corrected chi connectivity index (χ2v) is 7.18. The largest absolute Gasteiger partial charge is 0.480 e. The fourth-order valence-electron chi connectivity index (χ4n) is 1.57. The van der Waals surface area contributed by atoms with Gasteiger partial charge >= 0.3 is 0 Å². The van der Waals surface area contributed by atoms with Crippen LogP contribution in [0.3, 0.4) is 0 Å². The number of ether oxygens (including phenoxy) is 1. The van der Waals surface area contributed by atoms with Crippen molar-refractivity contribution < 1.29 is 13.2 Å². The molecule has 1 aliphatic rings. The summed E-state index contributed by atoms with van der Waals surface area (Å²) in [6, 6.07) is 4.94. The van der Waals surface area contributed by atoms with Crippen molar-refractivity contribution in [2.75, 3.05) is 6.61 Å². The van der Waals surface area contributed by atoms with Crippen molar-refractivity contribution >= 4 is 47.8 Å². The van der Waals surface area contributed by atoms with Gasteiger partial charge in [-0.3, -0.25) is 0 Å². The highest BCUT2D eigenvalue weighted by Gasteiger charge is 2.20. The summed E-state index contributed by atoms with van der Waals surface area (Å²) in [5.41, 5.74) is 0. The molecule has 0 saturated carbocycles. The lowest BCUT2D eigenvalue weighted by atomic mass is 10.2. The van der Waals surface area contributed by atoms with E-state index in [-0.39, 0.29) is 4.90 Å². The van der Waals surface area contributed by atoms with Crippen LogP contribution in [-0.4, -0.2) is 20.9 Å². The Balaban J connectivity index is 2.38. The molecule has 4 nitrogen and oxygen atoms in total. The predicted octanol–water partition coefficient (Wildman–Crippen LogP) is 3.50. The van der Waals surface area contributed by atoms with Gasteiger partial charge in [0, 0.05) is 15.4 Å². The fraction of sp³-hybridized carbons (Fsp3) is 0.364. The van der Waals surface area contributed by atoms with Gasteiger partial charge in [0.15, 0.2) is 5.90 Å². The highest BCUT2D eigenvalue weighted by atomic mass is 79.9. The normalized spacial score (nSPS) is 18.7. The van der Waals surface area contributed by atoms with Crippen molar-refractivity contribution in [3.63, 3.8) is 0 Å². The minimum Gasteiger partial charge on any atom is -0.480 e. The highest BCUT2D eigenvalue weighted by molar-refractivity contribution is 9.11. The third-order valence-corrected chi connectivity index (χ3v) is 5.23. The third-order valence-electron chi connectivity index (χ3n) is 2.45. The average Bonchev–Trinajstić information content (AvgIpc) is 2.33. The molecule has 0 unspecified atom stereocenters. The summed E-state index contributed by atoms with van der Waals surface area (Å²) >= 11 is 6.47. The van der Waals surface area contributed by atoms with Gasteiger partial charge in [0.05, 0.1) is 6.61 Å². The van der Waals surface area contributed by atoms with Crippen molar-refractivity contribution in [1.29, 1.82) is 0 Å². The molecule has 1 aromatic rings. The van der Waals surface area contributed by atoms with Gasteiger partial charge in [-0.25, -0.2) is 0 Å². The van der Waals surface area contributed by atoms with Gasteiger partial charge in [0.2, 0.25) is 0 Å². The van der Waals surface area contributed by atoms with Crippen LogP contribution in [0.5, 0.6) is 0 Å². The molecule has 0 amide bonds. The first kappa shape index (κ1) is 14.0. The van der Waals surface area contributed by atoms with Crippen LogP contribution >= 0.6 is 31.9 Å². The first-order valence-corrected chi connectivity index (χ1v) is 8.43. The lowest BCUT2D eigenvalue weighted by Gasteiger charge is -2.14. The van der Waals surface area contributed by atoms with Crippen LogP contribution < -0.4 is 0 Å². The van der Waals surface area contributed by atoms with Crippen LogP contribution in [0.1, 0.15) is 19.3 Å². The molecule has 1 heterocycles.